The topological polar surface area (TPSA) is 9.23 Å². The summed E-state index contributed by atoms with van der Waals surface area (Å²) < 4.78 is 18.4. The molecule has 94 valence electrons. The van der Waals surface area contributed by atoms with Gasteiger partial charge < -0.3 is 4.74 Å². The van der Waals surface area contributed by atoms with E-state index in [1.54, 1.807) is 12.1 Å². The minimum absolute atomic E-state index is 0.293. The van der Waals surface area contributed by atoms with Gasteiger partial charge in [-0.1, -0.05) is 35.9 Å². The summed E-state index contributed by atoms with van der Waals surface area (Å²) in [7, 11) is 1.48. The van der Waals surface area contributed by atoms with Crippen LogP contribution < -0.4 is 4.74 Å². The van der Waals surface area contributed by atoms with Gasteiger partial charge in [0.2, 0.25) is 0 Å². The summed E-state index contributed by atoms with van der Waals surface area (Å²) in [4.78, 5) is 0. The molecule has 2 heteroatoms. The van der Waals surface area contributed by atoms with Crippen molar-refractivity contribution in [2.24, 2.45) is 0 Å². The lowest BCUT2D eigenvalue weighted by Crippen LogP contribution is -1.94. The Morgan fingerprint density at radius 3 is 2.17 bits per heavy atom. The van der Waals surface area contributed by atoms with Gasteiger partial charge >= 0.3 is 0 Å². The number of methoxy groups -OCH3 is 1. The molecule has 0 heterocycles. The smallest absolute Gasteiger partial charge is 0.165 e. The summed E-state index contributed by atoms with van der Waals surface area (Å²) in [5.74, 6) is 0.00740. The van der Waals surface area contributed by atoms with Crippen molar-refractivity contribution >= 4 is 0 Å². The Hall–Kier alpha value is -1.83. The predicted octanol–water partition coefficient (Wildman–Crippen LogP) is 3.93. The van der Waals surface area contributed by atoms with E-state index < -0.39 is 0 Å². The van der Waals surface area contributed by atoms with Gasteiger partial charge in [0, 0.05) is 0 Å². The van der Waals surface area contributed by atoms with Crippen LogP contribution in [-0.4, -0.2) is 7.11 Å². The normalized spacial score (nSPS) is 10.4. The molecule has 1 nitrogen and oxygen atoms in total. The van der Waals surface area contributed by atoms with E-state index in [2.05, 4.69) is 31.2 Å². The molecule has 0 unspecified atom stereocenters. The third-order valence-electron chi connectivity index (χ3n) is 3.04. The maximum Gasteiger partial charge on any atom is 0.165 e. The van der Waals surface area contributed by atoms with Crippen molar-refractivity contribution in [2.75, 3.05) is 7.11 Å². The first-order valence-corrected chi connectivity index (χ1v) is 6.07. The van der Waals surface area contributed by atoms with Crippen LogP contribution in [0.3, 0.4) is 0 Å². The zero-order valence-corrected chi connectivity index (χ0v) is 10.7. The summed E-state index contributed by atoms with van der Waals surface area (Å²) in [6, 6.07) is 13.6. The lowest BCUT2D eigenvalue weighted by Gasteiger charge is -2.06. The van der Waals surface area contributed by atoms with Gasteiger partial charge in [0.25, 0.3) is 0 Å². The quantitative estimate of drug-likeness (QED) is 0.792. The van der Waals surface area contributed by atoms with Gasteiger partial charge in [-0.3, -0.25) is 0 Å². The number of hydrogen-bond donors (Lipinski definition) is 0. The fourth-order valence-corrected chi connectivity index (χ4v) is 1.91. The molecule has 2 aromatic rings. The van der Waals surface area contributed by atoms with E-state index in [0.717, 1.165) is 18.4 Å². The third kappa shape index (κ3) is 3.10. The Morgan fingerprint density at radius 1 is 0.944 bits per heavy atom. The number of hydrogen-bond acceptors (Lipinski definition) is 1. The van der Waals surface area contributed by atoms with E-state index >= 15 is 0 Å². The van der Waals surface area contributed by atoms with Crippen molar-refractivity contribution in [2.45, 2.75) is 19.8 Å². The molecule has 0 N–H and O–H groups in total. The van der Waals surface area contributed by atoms with Gasteiger partial charge in [-0.05, 0) is 43.0 Å². The molecular formula is C16H17FO. The van der Waals surface area contributed by atoms with E-state index in [9.17, 15) is 4.39 Å². The molecule has 0 aliphatic carbocycles. The summed E-state index contributed by atoms with van der Waals surface area (Å²) >= 11 is 0. The van der Waals surface area contributed by atoms with Gasteiger partial charge in [0.05, 0.1) is 7.11 Å². The second-order valence-electron chi connectivity index (χ2n) is 4.45. The molecule has 2 aromatic carbocycles. The van der Waals surface area contributed by atoms with Crippen molar-refractivity contribution in [1.29, 1.82) is 0 Å². The summed E-state index contributed by atoms with van der Waals surface area (Å²) in [6.45, 7) is 2.07. The monoisotopic (exact) mass is 244 g/mol. The van der Waals surface area contributed by atoms with Crippen molar-refractivity contribution in [3.8, 4) is 5.75 Å². The Bertz CT molecular complexity index is 517. The molecule has 0 saturated heterocycles. The van der Waals surface area contributed by atoms with Crippen LogP contribution in [0.5, 0.6) is 5.75 Å². The number of benzene rings is 2. The molecule has 0 amide bonds. The van der Waals surface area contributed by atoms with Crippen LogP contribution in [0, 0.1) is 12.7 Å². The highest BCUT2D eigenvalue weighted by Gasteiger charge is 2.03. The first kappa shape index (κ1) is 12.6. The number of ether oxygens (including phenoxy) is 1. The maximum atomic E-state index is 13.5. The number of rotatable bonds is 4. The molecule has 0 fully saturated rings. The molecule has 0 atom stereocenters. The second kappa shape index (κ2) is 5.67. The van der Waals surface area contributed by atoms with Gasteiger partial charge in [-0.2, -0.15) is 0 Å². The van der Waals surface area contributed by atoms with Crippen molar-refractivity contribution < 1.29 is 9.13 Å². The molecule has 0 bridgehead atoms. The Labute approximate surface area is 107 Å². The lowest BCUT2D eigenvalue weighted by molar-refractivity contribution is 0.386. The van der Waals surface area contributed by atoms with E-state index in [1.807, 2.05) is 6.07 Å². The van der Waals surface area contributed by atoms with Crippen LogP contribution in [0.4, 0.5) is 4.39 Å². The van der Waals surface area contributed by atoms with E-state index in [4.69, 9.17) is 4.74 Å². The number of aryl methyl sites for hydroxylation is 3. The van der Waals surface area contributed by atoms with Crippen LogP contribution in [-0.2, 0) is 12.8 Å². The van der Waals surface area contributed by atoms with Crippen LogP contribution in [0.25, 0.3) is 0 Å². The molecule has 18 heavy (non-hydrogen) atoms. The van der Waals surface area contributed by atoms with Crippen molar-refractivity contribution in [3.05, 3.63) is 65.0 Å². The highest BCUT2D eigenvalue weighted by atomic mass is 19.1. The minimum atomic E-state index is -0.293. The van der Waals surface area contributed by atoms with E-state index in [-0.39, 0.29) is 5.82 Å². The summed E-state index contributed by atoms with van der Waals surface area (Å²) in [6.07, 6.45) is 1.76. The van der Waals surface area contributed by atoms with Crippen LogP contribution >= 0.6 is 0 Å². The van der Waals surface area contributed by atoms with Crippen LogP contribution in [0.2, 0.25) is 0 Å². The Morgan fingerprint density at radius 2 is 1.56 bits per heavy atom. The largest absolute Gasteiger partial charge is 0.494 e. The molecule has 0 aliphatic heterocycles. The Kier molecular flexibility index (Phi) is 3.98. The molecule has 2 rings (SSSR count). The average molecular weight is 244 g/mol. The zero-order chi connectivity index (χ0) is 13.0. The van der Waals surface area contributed by atoms with Gasteiger partial charge in [0.1, 0.15) is 0 Å². The zero-order valence-electron chi connectivity index (χ0n) is 10.7. The van der Waals surface area contributed by atoms with Crippen LogP contribution in [0.1, 0.15) is 16.7 Å². The first-order valence-electron chi connectivity index (χ1n) is 6.07. The molecule has 0 aromatic heterocycles. The van der Waals surface area contributed by atoms with Gasteiger partial charge in [-0.15, -0.1) is 0 Å². The van der Waals surface area contributed by atoms with E-state index in [1.165, 1.54) is 18.2 Å². The predicted molar refractivity (Wildman–Crippen MR) is 71.5 cm³/mol. The highest BCUT2D eigenvalue weighted by molar-refractivity contribution is 5.30. The summed E-state index contributed by atoms with van der Waals surface area (Å²) in [5, 5.41) is 0. The SMILES string of the molecule is COc1ccc(CCc2ccc(C)cc2)cc1F. The average Bonchev–Trinajstić information content (AvgIpc) is 2.38. The van der Waals surface area contributed by atoms with Gasteiger partial charge in [0.15, 0.2) is 11.6 Å². The fraction of sp³-hybridized carbons (Fsp3) is 0.250. The Balaban J connectivity index is 2.02. The van der Waals surface area contributed by atoms with E-state index in [0.29, 0.717) is 5.75 Å². The molecule has 0 radical (unpaired) electrons. The lowest BCUT2D eigenvalue weighted by atomic mass is 10.0. The molecule has 0 spiro atoms. The molecular weight excluding hydrogens is 227 g/mol. The van der Waals surface area contributed by atoms with Gasteiger partial charge in [-0.25, -0.2) is 4.39 Å². The summed E-state index contributed by atoms with van der Waals surface area (Å²) in [5.41, 5.74) is 3.53. The van der Waals surface area contributed by atoms with Crippen molar-refractivity contribution in [3.63, 3.8) is 0 Å². The van der Waals surface area contributed by atoms with Crippen molar-refractivity contribution in [1.82, 2.24) is 0 Å². The standard InChI is InChI=1S/C16H17FO/c1-12-3-5-13(6-4-12)7-8-14-9-10-16(18-2)15(17)11-14/h3-6,9-11H,7-8H2,1-2H3. The fourth-order valence-electron chi connectivity index (χ4n) is 1.91. The van der Waals surface area contributed by atoms with Crippen LogP contribution in [0.15, 0.2) is 42.5 Å². The number of halogens is 1. The minimum Gasteiger partial charge on any atom is -0.494 e. The first-order chi connectivity index (χ1) is 8.69. The second-order valence-corrected chi connectivity index (χ2v) is 4.45. The molecule has 0 saturated carbocycles. The molecule has 0 aliphatic rings. The maximum absolute atomic E-state index is 13.5. The third-order valence-corrected chi connectivity index (χ3v) is 3.04. The highest BCUT2D eigenvalue weighted by Crippen LogP contribution is 2.18.